The molecule has 3 heterocycles. The van der Waals surface area contributed by atoms with Gasteiger partial charge in [-0.3, -0.25) is 9.69 Å². The molecule has 0 spiro atoms. The minimum absolute atomic E-state index is 0.0243. The zero-order valence-corrected chi connectivity index (χ0v) is 20.0. The number of amides is 2. The van der Waals surface area contributed by atoms with Crippen LogP contribution >= 0.6 is 0 Å². The van der Waals surface area contributed by atoms with E-state index in [2.05, 4.69) is 0 Å². The van der Waals surface area contributed by atoms with Crippen LogP contribution in [0.2, 0.25) is 0 Å². The Morgan fingerprint density at radius 2 is 1.69 bits per heavy atom. The van der Waals surface area contributed by atoms with E-state index in [1.165, 1.54) is 16.4 Å². The van der Waals surface area contributed by atoms with E-state index in [0.717, 1.165) is 16.8 Å². The summed E-state index contributed by atoms with van der Waals surface area (Å²) in [5.74, 6) is -1.93. The molecule has 1 saturated heterocycles. The number of carbonyl (C=O) groups excluding carboxylic acids is 2. The number of sulfonamides is 1. The van der Waals surface area contributed by atoms with Crippen molar-refractivity contribution in [3.8, 4) is 0 Å². The third kappa shape index (κ3) is 4.43. The minimum Gasteiger partial charge on any atom is -0.444 e. The van der Waals surface area contributed by atoms with Crippen molar-refractivity contribution in [2.24, 2.45) is 0 Å². The van der Waals surface area contributed by atoms with Crippen LogP contribution in [0.4, 0.5) is 23.7 Å². The van der Waals surface area contributed by atoms with Gasteiger partial charge in [0.05, 0.1) is 10.6 Å². The molecule has 0 atom stereocenters. The van der Waals surface area contributed by atoms with E-state index in [1.807, 2.05) is 24.3 Å². The summed E-state index contributed by atoms with van der Waals surface area (Å²) in [7, 11) is -3.92. The van der Waals surface area contributed by atoms with E-state index >= 15 is 0 Å². The molecule has 192 valence electrons. The first-order chi connectivity index (χ1) is 17.1. The van der Waals surface area contributed by atoms with Crippen molar-refractivity contribution in [2.75, 3.05) is 24.5 Å². The first-order valence-corrected chi connectivity index (χ1v) is 13.0. The smallest absolute Gasteiger partial charge is 0.444 e. The highest BCUT2D eigenvalue weighted by atomic mass is 32.2. The summed E-state index contributed by atoms with van der Waals surface area (Å²) in [6.45, 7) is 0.176. The largest absolute Gasteiger partial charge is 0.471 e. The van der Waals surface area contributed by atoms with Crippen molar-refractivity contribution in [2.45, 2.75) is 49.5 Å². The number of piperidine rings is 1. The van der Waals surface area contributed by atoms with E-state index in [9.17, 15) is 31.2 Å². The third-order valence-corrected chi connectivity index (χ3v) is 8.84. The number of ether oxygens (including phenoxy) is 1. The summed E-state index contributed by atoms with van der Waals surface area (Å²) in [5.41, 5.74) is 2.77. The predicted molar refractivity (Wildman–Crippen MR) is 123 cm³/mol. The Labute approximate surface area is 206 Å². The van der Waals surface area contributed by atoms with Gasteiger partial charge in [-0.25, -0.2) is 13.2 Å². The van der Waals surface area contributed by atoms with Crippen molar-refractivity contribution in [1.82, 2.24) is 9.21 Å². The molecule has 0 aromatic heterocycles. The van der Waals surface area contributed by atoms with E-state index < -0.39 is 28.2 Å². The summed E-state index contributed by atoms with van der Waals surface area (Å²) < 4.78 is 71.9. The maximum atomic E-state index is 13.4. The molecule has 0 N–H and O–H groups in total. The molecule has 0 radical (unpaired) electrons. The number of alkyl halides is 3. The Morgan fingerprint density at radius 3 is 2.42 bits per heavy atom. The minimum atomic E-state index is -4.98. The zero-order valence-electron chi connectivity index (χ0n) is 19.2. The second-order valence-electron chi connectivity index (χ2n) is 9.09. The standard InChI is InChI=1S/C24H24F3N3O5S/c25-24(26,27)22(31)28-10-7-16-5-6-20(13-18(16)14-28)36(33,34)29-11-8-19(9-12-29)30-21-4-2-1-3-17(21)15-35-23(30)32/h1-6,13,19H,7-12,14-15H2. The summed E-state index contributed by atoms with van der Waals surface area (Å²) in [6, 6.07) is 11.6. The number of para-hydroxylation sites is 1. The number of nitrogens with zero attached hydrogens (tertiary/aromatic N) is 3. The van der Waals surface area contributed by atoms with Crippen LogP contribution < -0.4 is 4.90 Å². The third-order valence-electron chi connectivity index (χ3n) is 6.95. The van der Waals surface area contributed by atoms with Gasteiger partial charge >= 0.3 is 18.2 Å². The van der Waals surface area contributed by atoms with Gasteiger partial charge in [-0.05, 0) is 48.6 Å². The fourth-order valence-corrected chi connectivity index (χ4v) is 6.58. The lowest BCUT2D eigenvalue weighted by atomic mass is 10.00. The summed E-state index contributed by atoms with van der Waals surface area (Å²) in [5, 5.41) is 0. The Morgan fingerprint density at radius 1 is 0.972 bits per heavy atom. The molecular weight excluding hydrogens is 499 g/mol. The topological polar surface area (TPSA) is 87.2 Å². The maximum absolute atomic E-state index is 13.4. The van der Waals surface area contributed by atoms with E-state index in [4.69, 9.17) is 4.74 Å². The van der Waals surface area contributed by atoms with Gasteiger partial charge in [-0.1, -0.05) is 24.3 Å². The van der Waals surface area contributed by atoms with Crippen LogP contribution in [0.25, 0.3) is 0 Å². The van der Waals surface area contributed by atoms with Crippen LogP contribution in [-0.2, 0) is 39.1 Å². The summed E-state index contributed by atoms with van der Waals surface area (Å²) >= 11 is 0. The fraction of sp³-hybridized carbons (Fsp3) is 0.417. The monoisotopic (exact) mass is 523 g/mol. The fourth-order valence-electron chi connectivity index (χ4n) is 5.06. The highest BCUT2D eigenvalue weighted by Crippen LogP contribution is 2.33. The van der Waals surface area contributed by atoms with Gasteiger partial charge in [0, 0.05) is 37.8 Å². The Hall–Kier alpha value is -3.12. The molecule has 12 heteroatoms. The van der Waals surface area contributed by atoms with Crippen LogP contribution in [0.3, 0.4) is 0 Å². The van der Waals surface area contributed by atoms with Gasteiger partial charge < -0.3 is 9.64 Å². The first-order valence-electron chi connectivity index (χ1n) is 11.6. The maximum Gasteiger partial charge on any atom is 0.471 e. The molecule has 5 rings (SSSR count). The van der Waals surface area contributed by atoms with Crippen LogP contribution in [0.1, 0.15) is 29.5 Å². The Kier molecular flexibility index (Phi) is 6.19. The second-order valence-corrected chi connectivity index (χ2v) is 11.0. The number of benzene rings is 2. The molecule has 0 bridgehead atoms. The molecule has 2 aromatic rings. The number of rotatable bonds is 3. The van der Waals surface area contributed by atoms with Gasteiger partial charge in [0.15, 0.2) is 0 Å². The van der Waals surface area contributed by atoms with Gasteiger partial charge in [0.1, 0.15) is 6.61 Å². The molecule has 2 amide bonds. The average molecular weight is 524 g/mol. The van der Waals surface area contributed by atoms with Crippen molar-refractivity contribution in [3.05, 3.63) is 59.2 Å². The van der Waals surface area contributed by atoms with Crippen molar-refractivity contribution < 1.29 is 35.9 Å². The van der Waals surface area contributed by atoms with E-state index in [0.29, 0.717) is 23.3 Å². The molecule has 2 aromatic carbocycles. The normalized spacial score (nSPS) is 19.5. The number of hydrogen-bond donors (Lipinski definition) is 0. The number of cyclic esters (lactones) is 1. The number of fused-ring (bicyclic) bond motifs is 2. The number of halogens is 3. The first kappa shape index (κ1) is 24.6. The average Bonchev–Trinajstić information content (AvgIpc) is 2.87. The molecule has 1 fully saturated rings. The highest BCUT2D eigenvalue weighted by molar-refractivity contribution is 7.89. The van der Waals surface area contributed by atoms with Crippen LogP contribution in [-0.4, -0.2) is 61.5 Å². The number of hydrogen-bond acceptors (Lipinski definition) is 5. The van der Waals surface area contributed by atoms with Crippen LogP contribution in [0.5, 0.6) is 0 Å². The van der Waals surface area contributed by atoms with Crippen molar-refractivity contribution in [3.63, 3.8) is 0 Å². The Balaban J connectivity index is 1.31. The molecule has 0 unspecified atom stereocenters. The van der Waals surface area contributed by atoms with Gasteiger partial charge in [0.25, 0.3) is 0 Å². The molecule has 0 saturated carbocycles. The van der Waals surface area contributed by atoms with Gasteiger partial charge in [-0.15, -0.1) is 0 Å². The molecule has 3 aliphatic heterocycles. The van der Waals surface area contributed by atoms with Gasteiger partial charge in [-0.2, -0.15) is 17.5 Å². The molecular formula is C24H24F3N3O5S. The number of anilines is 1. The SMILES string of the molecule is O=C1OCc2ccccc2N1C1CCN(S(=O)(=O)c2ccc3c(c2)CN(C(=O)C(F)(F)F)CC3)CC1. The predicted octanol–water partition coefficient (Wildman–Crippen LogP) is 3.44. The molecule has 8 nitrogen and oxygen atoms in total. The summed E-state index contributed by atoms with van der Waals surface area (Å²) in [4.78, 5) is 26.4. The van der Waals surface area contributed by atoms with Crippen LogP contribution in [0, 0.1) is 0 Å². The number of carbonyl (C=O) groups is 2. The lowest BCUT2D eigenvalue weighted by Gasteiger charge is -2.39. The zero-order chi connectivity index (χ0) is 25.7. The lowest BCUT2D eigenvalue weighted by molar-refractivity contribution is -0.186. The molecule has 0 aliphatic carbocycles. The van der Waals surface area contributed by atoms with Gasteiger partial charge in [0.2, 0.25) is 10.0 Å². The Bertz CT molecular complexity index is 1310. The van der Waals surface area contributed by atoms with Crippen molar-refractivity contribution >= 4 is 27.7 Å². The molecule has 36 heavy (non-hydrogen) atoms. The highest BCUT2D eigenvalue weighted by Gasteiger charge is 2.43. The van der Waals surface area contributed by atoms with E-state index in [-0.39, 0.29) is 50.1 Å². The van der Waals surface area contributed by atoms with Crippen molar-refractivity contribution in [1.29, 1.82) is 0 Å². The quantitative estimate of drug-likeness (QED) is 0.615. The molecule has 3 aliphatic rings. The van der Waals surface area contributed by atoms with E-state index in [1.54, 1.807) is 11.0 Å². The lowest BCUT2D eigenvalue weighted by Crippen LogP contribution is -2.50. The van der Waals surface area contributed by atoms with Crippen LogP contribution in [0.15, 0.2) is 47.4 Å². The second kappa shape index (κ2) is 9.07. The summed E-state index contributed by atoms with van der Waals surface area (Å²) in [6.07, 6.45) is -4.41.